The van der Waals surface area contributed by atoms with Crippen LogP contribution >= 0.6 is 11.3 Å². The molecule has 0 fully saturated rings. The van der Waals surface area contributed by atoms with Crippen LogP contribution in [0.15, 0.2) is 65.7 Å². The van der Waals surface area contributed by atoms with Crippen molar-refractivity contribution in [2.75, 3.05) is 25.6 Å². The van der Waals surface area contributed by atoms with E-state index in [0.29, 0.717) is 37.8 Å². The van der Waals surface area contributed by atoms with Crippen LogP contribution in [0.4, 0.5) is 5.69 Å². The first-order valence-corrected chi connectivity index (χ1v) is 11.6. The fourth-order valence-electron chi connectivity index (χ4n) is 3.37. The average molecular weight is 494 g/mol. The molecule has 0 atom stereocenters. The molecule has 0 bridgehead atoms. The minimum Gasteiger partial charge on any atom is -0.497 e. The number of aryl methyl sites for hydroxylation is 1. The Hall–Kier alpha value is -4.18. The normalized spacial score (nSPS) is 10.7. The van der Waals surface area contributed by atoms with Gasteiger partial charge in [-0.2, -0.15) is 0 Å². The smallest absolute Gasteiger partial charge is 0.348 e. The summed E-state index contributed by atoms with van der Waals surface area (Å²) in [4.78, 5) is 43.1. The van der Waals surface area contributed by atoms with Crippen LogP contribution in [-0.4, -0.2) is 41.8 Å². The molecule has 2 aromatic carbocycles. The highest BCUT2D eigenvalue weighted by atomic mass is 32.1. The highest BCUT2D eigenvalue weighted by molar-refractivity contribution is 7.20. The number of thiophene rings is 1. The van der Waals surface area contributed by atoms with Gasteiger partial charge in [-0.15, -0.1) is 11.3 Å². The molecule has 1 amide bonds. The van der Waals surface area contributed by atoms with E-state index in [4.69, 9.17) is 14.2 Å². The predicted octanol–water partition coefficient (Wildman–Crippen LogP) is 3.65. The third-order valence-electron chi connectivity index (χ3n) is 5.12. The first kappa shape index (κ1) is 24.0. The molecule has 0 saturated heterocycles. The number of methoxy groups -OCH3 is 1. The number of nitrogens with one attached hydrogen (secondary N) is 1. The number of carbonyl (C=O) groups is 2. The summed E-state index contributed by atoms with van der Waals surface area (Å²) in [7, 11) is 1.56. The zero-order valence-electron chi connectivity index (χ0n) is 19.1. The van der Waals surface area contributed by atoms with E-state index in [2.05, 4.69) is 10.3 Å². The molecule has 9 nitrogen and oxygen atoms in total. The van der Waals surface area contributed by atoms with Gasteiger partial charge in [-0.1, -0.05) is 18.2 Å². The Morgan fingerprint density at radius 1 is 1.03 bits per heavy atom. The third-order valence-corrected chi connectivity index (χ3v) is 6.30. The van der Waals surface area contributed by atoms with E-state index in [0.717, 1.165) is 11.3 Å². The van der Waals surface area contributed by atoms with Crippen LogP contribution in [-0.2, 0) is 16.1 Å². The first-order valence-electron chi connectivity index (χ1n) is 10.7. The van der Waals surface area contributed by atoms with E-state index in [-0.39, 0.29) is 25.7 Å². The second-order valence-electron chi connectivity index (χ2n) is 7.49. The molecule has 0 aliphatic carbocycles. The fourth-order valence-corrected chi connectivity index (χ4v) is 4.41. The highest BCUT2D eigenvalue weighted by Crippen LogP contribution is 2.27. The van der Waals surface area contributed by atoms with E-state index < -0.39 is 11.5 Å². The SMILES string of the molecule is COc1ccc(NC(=O)Cn2cnc3sc(C(=O)OCCOc4ccccc4)c(C)c3c2=O)cc1. The van der Waals surface area contributed by atoms with E-state index in [1.165, 1.54) is 10.9 Å². The van der Waals surface area contributed by atoms with Gasteiger partial charge in [0, 0.05) is 5.69 Å². The Morgan fingerprint density at radius 2 is 1.77 bits per heavy atom. The number of nitrogens with zero attached hydrogens (tertiary/aromatic N) is 2. The predicted molar refractivity (Wildman–Crippen MR) is 132 cm³/mol. The van der Waals surface area contributed by atoms with E-state index in [1.54, 1.807) is 38.3 Å². The molecule has 1 N–H and O–H groups in total. The van der Waals surface area contributed by atoms with Crippen LogP contribution < -0.4 is 20.3 Å². The van der Waals surface area contributed by atoms with Crippen molar-refractivity contribution in [2.45, 2.75) is 13.5 Å². The number of hydrogen-bond donors (Lipinski definition) is 1. The van der Waals surface area contributed by atoms with Crippen LogP contribution in [0.5, 0.6) is 11.5 Å². The maximum atomic E-state index is 13.0. The highest BCUT2D eigenvalue weighted by Gasteiger charge is 2.21. The van der Waals surface area contributed by atoms with Gasteiger partial charge in [-0.3, -0.25) is 14.2 Å². The summed E-state index contributed by atoms with van der Waals surface area (Å²) in [6.07, 6.45) is 1.30. The van der Waals surface area contributed by atoms with Gasteiger partial charge >= 0.3 is 5.97 Å². The standard InChI is InChI=1S/C25H23N3O6S/c1-16-21-23(35-22(16)25(31)34-13-12-33-19-6-4-3-5-7-19)26-15-28(24(21)30)14-20(29)27-17-8-10-18(32-2)11-9-17/h3-11,15H,12-14H2,1-2H3,(H,27,29). The van der Waals surface area contributed by atoms with Crippen molar-refractivity contribution in [3.8, 4) is 11.5 Å². The quantitative estimate of drug-likeness (QED) is 0.280. The summed E-state index contributed by atoms with van der Waals surface area (Å²) in [6, 6.07) is 16.1. The average Bonchev–Trinajstić information content (AvgIpc) is 3.21. The number of rotatable bonds is 9. The number of anilines is 1. The van der Waals surface area contributed by atoms with Crippen LogP contribution in [0.3, 0.4) is 0 Å². The van der Waals surface area contributed by atoms with Gasteiger partial charge in [-0.05, 0) is 48.9 Å². The molecule has 0 spiro atoms. The molecule has 0 aliphatic rings. The van der Waals surface area contributed by atoms with Gasteiger partial charge in [-0.25, -0.2) is 9.78 Å². The lowest BCUT2D eigenvalue weighted by Gasteiger charge is -2.08. The van der Waals surface area contributed by atoms with Gasteiger partial charge in [0.25, 0.3) is 5.56 Å². The van der Waals surface area contributed by atoms with Gasteiger partial charge in [0.15, 0.2) is 0 Å². The maximum Gasteiger partial charge on any atom is 0.348 e. The Bertz CT molecular complexity index is 1400. The molecule has 2 heterocycles. The third kappa shape index (κ3) is 5.67. The van der Waals surface area contributed by atoms with E-state index >= 15 is 0 Å². The first-order chi connectivity index (χ1) is 17.0. The summed E-state index contributed by atoms with van der Waals surface area (Å²) in [6.45, 7) is 1.71. The number of fused-ring (bicyclic) bond motifs is 1. The number of ether oxygens (including phenoxy) is 3. The minimum absolute atomic E-state index is 0.0601. The molecule has 0 radical (unpaired) electrons. The van der Waals surface area contributed by atoms with E-state index in [9.17, 15) is 14.4 Å². The van der Waals surface area contributed by atoms with Crippen LogP contribution in [0, 0.1) is 6.92 Å². The largest absolute Gasteiger partial charge is 0.497 e. The number of esters is 1. The fraction of sp³-hybridized carbons (Fsp3) is 0.200. The summed E-state index contributed by atoms with van der Waals surface area (Å²) < 4.78 is 17.1. The number of benzene rings is 2. The summed E-state index contributed by atoms with van der Waals surface area (Å²) in [5.41, 5.74) is 0.646. The van der Waals surface area contributed by atoms with Crippen LogP contribution in [0.25, 0.3) is 10.2 Å². The number of carbonyl (C=O) groups excluding carboxylic acids is 2. The van der Waals surface area contributed by atoms with Crippen molar-refractivity contribution in [3.05, 3.63) is 81.7 Å². The zero-order valence-corrected chi connectivity index (χ0v) is 20.0. The zero-order chi connectivity index (χ0) is 24.8. The molecule has 4 rings (SSSR count). The molecule has 10 heteroatoms. The Kier molecular flexibility index (Phi) is 7.41. The lowest BCUT2D eigenvalue weighted by Crippen LogP contribution is -2.27. The van der Waals surface area contributed by atoms with E-state index in [1.807, 2.05) is 30.3 Å². The number of para-hydroxylation sites is 1. The summed E-state index contributed by atoms with van der Waals surface area (Å²) in [5, 5.41) is 3.02. The lowest BCUT2D eigenvalue weighted by molar-refractivity contribution is -0.116. The number of hydrogen-bond acceptors (Lipinski definition) is 8. The van der Waals surface area contributed by atoms with Crippen LogP contribution in [0.2, 0.25) is 0 Å². The Balaban J connectivity index is 1.41. The van der Waals surface area contributed by atoms with Gasteiger partial charge in [0.05, 0.1) is 18.8 Å². The molecule has 2 aromatic heterocycles. The second kappa shape index (κ2) is 10.8. The number of amides is 1. The number of aromatic nitrogens is 2. The summed E-state index contributed by atoms with van der Waals surface area (Å²) in [5.74, 6) is 0.414. The molecule has 4 aromatic rings. The van der Waals surface area contributed by atoms with Crippen molar-refractivity contribution in [3.63, 3.8) is 0 Å². The summed E-state index contributed by atoms with van der Waals surface area (Å²) >= 11 is 1.08. The van der Waals surface area contributed by atoms with Gasteiger partial charge in [0.1, 0.15) is 41.0 Å². The molecule has 0 saturated carbocycles. The Morgan fingerprint density at radius 3 is 2.49 bits per heavy atom. The molecular formula is C25H23N3O6S. The van der Waals surface area contributed by atoms with Crippen molar-refractivity contribution in [1.29, 1.82) is 0 Å². The molecule has 180 valence electrons. The monoisotopic (exact) mass is 493 g/mol. The topological polar surface area (TPSA) is 109 Å². The van der Waals surface area contributed by atoms with Crippen molar-refractivity contribution in [1.82, 2.24) is 9.55 Å². The van der Waals surface area contributed by atoms with Crippen molar-refractivity contribution >= 4 is 39.1 Å². The van der Waals surface area contributed by atoms with Crippen molar-refractivity contribution < 1.29 is 23.8 Å². The lowest BCUT2D eigenvalue weighted by atomic mass is 10.2. The molecule has 35 heavy (non-hydrogen) atoms. The van der Waals surface area contributed by atoms with Gasteiger partial charge in [0.2, 0.25) is 5.91 Å². The molecular weight excluding hydrogens is 470 g/mol. The maximum absolute atomic E-state index is 13.0. The minimum atomic E-state index is -0.551. The Labute approximate surface area is 204 Å². The van der Waals surface area contributed by atoms with Crippen LogP contribution in [0.1, 0.15) is 15.2 Å². The van der Waals surface area contributed by atoms with Crippen molar-refractivity contribution in [2.24, 2.45) is 0 Å². The van der Waals surface area contributed by atoms with Gasteiger partial charge < -0.3 is 19.5 Å². The molecule has 0 unspecified atom stereocenters. The second-order valence-corrected chi connectivity index (χ2v) is 8.49. The molecule has 0 aliphatic heterocycles.